The Bertz CT molecular complexity index is 415. The first-order chi connectivity index (χ1) is 8.26. The summed E-state index contributed by atoms with van der Waals surface area (Å²) in [5, 5.41) is 0. The van der Waals surface area contributed by atoms with Gasteiger partial charge in [0.1, 0.15) is 11.5 Å². The van der Waals surface area contributed by atoms with Crippen molar-refractivity contribution in [2.24, 2.45) is 0 Å². The molecule has 0 amide bonds. The largest absolute Gasteiger partial charge is 0.457 e. The molecule has 1 aliphatic rings. The minimum absolute atomic E-state index is 0.844. The summed E-state index contributed by atoms with van der Waals surface area (Å²) in [5.41, 5.74) is 1.23. The Balaban J connectivity index is 2.83. The van der Waals surface area contributed by atoms with Gasteiger partial charge in [0.25, 0.3) is 0 Å². The Labute approximate surface area is 104 Å². The van der Waals surface area contributed by atoms with Crippen LogP contribution in [-0.2, 0) is 4.74 Å². The Hall–Kier alpha value is -1.76. The summed E-state index contributed by atoms with van der Waals surface area (Å²) < 4.78 is 5.84. The Kier molecular flexibility index (Phi) is 5.87. The fourth-order valence-corrected chi connectivity index (χ4v) is 1.45. The van der Waals surface area contributed by atoms with E-state index >= 15 is 0 Å². The topological polar surface area (TPSA) is 9.23 Å². The van der Waals surface area contributed by atoms with Crippen LogP contribution in [0.15, 0.2) is 71.8 Å². The molecule has 0 bridgehead atoms. The molecule has 0 aromatic heterocycles. The second kappa shape index (κ2) is 7.50. The summed E-state index contributed by atoms with van der Waals surface area (Å²) in [4.78, 5) is 0. The average Bonchev–Trinajstić information content (AvgIpc) is 2.51. The van der Waals surface area contributed by atoms with Gasteiger partial charge in [-0.2, -0.15) is 0 Å². The van der Waals surface area contributed by atoms with Gasteiger partial charge < -0.3 is 4.74 Å². The van der Waals surface area contributed by atoms with Gasteiger partial charge in [-0.15, -0.1) is 0 Å². The summed E-state index contributed by atoms with van der Waals surface area (Å²) in [5.74, 6) is 1.72. The molecular formula is C16H20O. The van der Waals surface area contributed by atoms with E-state index in [1.165, 1.54) is 5.57 Å². The molecule has 0 radical (unpaired) electrons. The Morgan fingerprint density at radius 2 is 2.12 bits per heavy atom. The van der Waals surface area contributed by atoms with Gasteiger partial charge in [-0.25, -0.2) is 0 Å². The summed E-state index contributed by atoms with van der Waals surface area (Å²) >= 11 is 0. The first-order valence-corrected chi connectivity index (χ1v) is 5.94. The van der Waals surface area contributed by atoms with Crippen LogP contribution in [-0.4, -0.2) is 0 Å². The number of rotatable bonds is 4. The molecule has 0 aromatic carbocycles. The lowest BCUT2D eigenvalue weighted by molar-refractivity contribution is 0.336. The van der Waals surface area contributed by atoms with Crippen LogP contribution in [0.1, 0.15) is 27.2 Å². The molecule has 0 aromatic rings. The van der Waals surface area contributed by atoms with Crippen LogP contribution < -0.4 is 0 Å². The molecule has 0 spiro atoms. The molecule has 1 aliphatic carbocycles. The fourth-order valence-electron chi connectivity index (χ4n) is 1.45. The van der Waals surface area contributed by atoms with Crippen molar-refractivity contribution in [1.29, 1.82) is 0 Å². The summed E-state index contributed by atoms with van der Waals surface area (Å²) in [7, 11) is 0. The van der Waals surface area contributed by atoms with Crippen LogP contribution in [0, 0.1) is 0 Å². The SMILES string of the molecule is C\C=C/C(=C\C=C\C)OC1=CC(C)=CCC=C1. The van der Waals surface area contributed by atoms with Crippen molar-refractivity contribution in [3.05, 3.63) is 71.8 Å². The van der Waals surface area contributed by atoms with Crippen LogP contribution in [0.3, 0.4) is 0 Å². The van der Waals surface area contributed by atoms with E-state index in [4.69, 9.17) is 4.74 Å². The predicted octanol–water partition coefficient (Wildman–Crippen LogP) is 4.83. The average molecular weight is 228 g/mol. The number of allylic oxidation sites excluding steroid dienone is 10. The van der Waals surface area contributed by atoms with E-state index in [0.717, 1.165) is 17.9 Å². The van der Waals surface area contributed by atoms with Crippen LogP contribution in [0.25, 0.3) is 0 Å². The lowest BCUT2D eigenvalue weighted by Gasteiger charge is -2.06. The Morgan fingerprint density at radius 1 is 1.29 bits per heavy atom. The maximum absolute atomic E-state index is 5.84. The molecule has 1 nitrogen and oxygen atoms in total. The zero-order chi connectivity index (χ0) is 12.5. The first-order valence-electron chi connectivity index (χ1n) is 5.94. The molecular weight excluding hydrogens is 208 g/mol. The van der Waals surface area contributed by atoms with Gasteiger partial charge in [-0.3, -0.25) is 0 Å². The zero-order valence-corrected chi connectivity index (χ0v) is 10.8. The summed E-state index contributed by atoms with van der Waals surface area (Å²) in [6.07, 6.45) is 19.1. The van der Waals surface area contributed by atoms with Crippen molar-refractivity contribution in [3.8, 4) is 0 Å². The van der Waals surface area contributed by atoms with E-state index in [1.807, 2.05) is 50.3 Å². The molecule has 0 saturated heterocycles. The molecule has 90 valence electrons. The lowest BCUT2D eigenvalue weighted by Crippen LogP contribution is -1.88. The third-order valence-corrected chi connectivity index (χ3v) is 2.25. The highest BCUT2D eigenvalue weighted by molar-refractivity contribution is 5.31. The van der Waals surface area contributed by atoms with Gasteiger partial charge in [0.2, 0.25) is 0 Å². The minimum atomic E-state index is 0.844. The molecule has 0 heterocycles. The maximum atomic E-state index is 5.84. The van der Waals surface area contributed by atoms with Gasteiger partial charge >= 0.3 is 0 Å². The smallest absolute Gasteiger partial charge is 0.127 e. The molecule has 0 atom stereocenters. The molecule has 1 heteroatoms. The van der Waals surface area contributed by atoms with E-state index in [1.54, 1.807) is 0 Å². The number of hydrogen-bond acceptors (Lipinski definition) is 1. The van der Waals surface area contributed by atoms with Crippen LogP contribution >= 0.6 is 0 Å². The molecule has 0 N–H and O–H groups in total. The molecule has 0 unspecified atom stereocenters. The molecule has 1 rings (SSSR count). The van der Waals surface area contributed by atoms with Crippen molar-refractivity contribution in [1.82, 2.24) is 0 Å². The van der Waals surface area contributed by atoms with Gasteiger partial charge in [0, 0.05) is 0 Å². The van der Waals surface area contributed by atoms with Crippen LogP contribution in [0.4, 0.5) is 0 Å². The fraction of sp³-hybridized carbons (Fsp3) is 0.250. The lowest BCUT2D eigenvalue weighted by atomic mass is 10.2. The van der Waals surface area contributed by atoms with Crippen molar-refractivity contribution < 1.29 is 4.74 Å². The monoisotopic (exact) mass is 228 g/mol. The third-order valence-electron chi connectivity index (χ3n) is 2.25. The first kappa shape index (κ1) is 13.3. The number of ether oxygens (including phenoxy) is 1. The number of hydrogen-bond donors (Lipinski definition) is 0. The highest BCUT2D eigenvalue weighted by Crippen LogP contribution is 2.16. The summed E-state index contributed by atoms with van der Waals surface area (Å²) in [6, 6.07) is 0. The van der Waals surface area contributed by atoms with E-state index < -0.39 is 0 Å². The quantitative estimate of drug-likeness (QED) is 0.494. The summed E-state index contributed by atoms with van der Waals surface area (Å²) in [6.45, 7) is 6.05. The van der Waals surface area contributed by atoms with Crippen molar-refractivity contribution >= 4 is 0 Å². The standard InChI is InChI=1S/C16H20O/c1-4-6-11-15(9-5-2)17-16-12-8-7-10-14(3)13-16/h4-6,8-13H,7H2,1-3H3/b6-4+,9-5-,15-11+. The van der Waals surface area contributed by atoms with Crippen molar-refractivity contribution in [2.45, 2.75) is 27.2 Å². The van der Waals surface area contributed by atoms with Crippen LogP contribution in [0.5, 0.6) is 0 Å². The Morgan fingerprint density at radius 3 is 2.82 bits per heavy atom. The molecule has 0 saturated carbocycles. The molecule has 17 heavy (non-hydrogen) atoms. The van der Waals surface area contributed by atoms with E-state index in [-0.39, 0.29) is 0 Å². The van der Waals surface area contributed by atoms with E-state index in [2.05, 4.69) is 25.2 Å². The van der Waals surface area contributed by atoms with Crippen LogP contribution in [0.2, 0.25) is 0 Å². The zero-order valence-electron chi connectivity index (χ0n) is 10.8. The highest BCUT2D eigenvalue weighted by atomic mass is 16.5. The van der Waals surface area contributed by atoms with Crippen molar-refractivity contribution in [3.63, 3.8) is 0 Å². The van der Waals surface area contributed by atoms with Gasteiger partial charge in [0.15, 0.2) is 0 Å². The van der Waals surface area contributed by atoms with Crippen molar-refractivity contribution in [2.75, 3.05) is 0 Å². The van der Waals surface area contributed by atoms with E-state index in [0.29, 0.717) is 0 Å². The van der Waals surface area contributed by atoms with Gasteiger partial charge in [0.05, 0.1) is 0 Å². The second-order valence-electron chi connectivity index (χ2n) is 3.83. The minimum Gasteiger partial charge on any atom is -0.457 e. The molecule has 0 aliphatic heterocycles. The molecule has 0 fully saturated rings. The third kappa shape index (κ3) is 5.21. The van der Waals surface area contributed by atoms with E-state index in [9.17, 15) is 0 Å². The highest BCUT2D eigenvalue weighted by Gasteiger charge is 1.99. The maximum Gasteiger partial charge on any atom is 0.127 e. The second-order valence-corrected chi connectivity index (χ2v) is 3.83. The van der Waals surface area contributed by atoms with Gasteiger partial charge in [-0.05, 0) is 51.5 Å². The van der Waals surface area contributed by atoms with Gasteiger partial charge in [-0.1, -0.05) is 36.0 Å². The normalized spacial score (nSPS) is 17.2. The predicted molar refractivity (Wildman–Crippen MR) is 74.4 cm³/mol.